The predicted molar refractivity (Wildman–Crippen MR) is 54.9 cm³/mol. The molecule has 2 nitrogen and oxygen atoms in total. The van der Waals surface area contributed by atoms with Crippen LogP contribution in [0.5, 0.6) is 0 Å². The monoisotopic (exact) mass is 197 g/mol. The van der Waals surface area contributed by atoms with Crippen LogP contribution in [0.1, 0.15) is 12.0 Å². The summed E-state index contributed by atoms with van der Waals surface area (Å²) in [5.74, 6) is 0. The van der Waals surface area contributed by atoms with E-state index in [1.54, 1.807) is 11.3 Å². The molecule has 3 heteroatoms. The van der Waals surface area contributed by atoms with Gasteiger partial charge in [0.1, 0.15) is 0 Å². The Labute approximate surface area is 82.7 Å². The van der Waals surface area contributed by atoms with E-state index >= 15 is 0 Å². The number of hydrogen-bond donors (Lipinski definition) is 1. The second kappa shape index (κ2) is 3.78. The van der Waals surface area contributed by atoms with Crippen LogP contribution in [0.3, 0.4) is 0 Å². The van der Waals surface area contributed by atoms with Crippen molar-refractivity contribution in [1.29, 1.82) is 0 Å². The van der Waals surface area contributed by atoms with Crippen molar-refractivity contribution in [3.05, 3.63) is 22.4 Å². The molecule has 0 radical (unpaired) electrons. The fourth-order valence-electron chi connectivity index (χ4n) is 1.85. The SMILES string of the molecule is NCC1(Cc2ccsc2)CCOC1. The van der Waals surface area contributed by atoms with Crippen LogP contribution in [0.25, 0.3) is 0 Å². The van der Waals surface area contributed by atoms with Crippen molar-refractivity contribution in [2.45, 2.75) is 12.8 Å². The number of nitrogens with two attached hydrogens (primary N) is 1. The lowest BCUT2D eigenvalue weighted by atomic mass is 9.82. The average Bonchev–Trinajstić information content (AvgIpc) is 2.77. The van der Waals surface area contributed by atoms with Gasteiger partial charge in [0.25, 0.3) is 0 Å². The van der Waals surface area contributed by atoms with Crippen molar-refractivity contribution in [3.8, 4) is 0 Å². The molecule has 1 aliphatic heterocycles. The van der Waals surface area contributed by atoms with Crippen LogP contribution < -0.4 is 5.73 Å². The maximum absolute atomic E-state index is 5.81. The van der Waals surface area contributed by atoms with Crippen LogP contribution in [0.15, 0.2) is 16.8 Å². The quantitative estimate of drug-likeness (QED) is 0.799. The lowest BCUT2D eigenvalue weighted by Gasteiger charge is -2.24. The Kier molecular flexibility index (Phi) is 2.67. The Bertz CT molecular complexity index is 252. The zero-order valence-corrected chi connectivity index (χ0v) is 8.48. The van der Waals surface area contributed by atoms with Crippen LogP contribution in [-0.4, -0.2) is 19.8 Å². The van der Waals surface area contributed by atoms with Crippen LogP contribution in [0.4, 0.5) is 0 Å². The molecule has 1 aliphatic rings. The zero-order chi connectivity index (χ0) is 9.15. The Hall–Kier alpha value is -0.380. The second-order valence-electron chi connectivity index (χ2n) is 3.82. The van der Waals surface area contributed by atoms with E-state index < -0.39 is 0 Å². The molecule has 0 bridgehead atoms. The van der Waals surface area contributed by atoms with E-state index in [9.17, 15) is 0 Å². The molecule has 72 valence electrons. The van der Waals surface area contributed by atoms with E-state index in [0.717, 1.165) is 32.6 Å². The van der Waals surface area contributed by atoms with Crippen molar-refractivity contribution >= 4 is 11.3 Å². The number of thiophene rings is 1. The molecular formula is C10H15NOS. The van der Waals surface area contributed by atoms with Crippen molar-refractivity contribution in [1.82, 2.24) is 0 Å². The molecule has 2 heterocycles. The van der Waals surface area contributed by atoms with Crippen LogP contribution >= 0.6 is 11.3 Å². The summed E-state index contributed by atoms with van der Waals surface area (Å²) < 4.78 is 5.42. The fraction of sp³-hybridized carbons (Fsp3) is 0.600. The van der Waals surface area contributed by atoms with Gasteiger partial charge >= 0.3 is 0 Å². The van der Waals surface area contributed by atoms with E-state index in [2.05, 4.69) is 16.8 Å². The largest absolute Gasteiger partial charge is 0.381 e. The van der Waals surface area contributed by atoms with Crippen molar-refractivity contribution in [2.24, 2.45) is 11.1 Å². The first-order chi connectivity index (χ1) is 6.35. The smallest absolute Gasteiger partial charge is 0.0538 e. The lowest BCUT2D eigenvalue weighted by molar-refractivity contribution is 0.154. The topological polar surface area (TPSA) is 35.2 Å². The molecule has 2 N–H and O–H groups in total. The summed E-state index contributed by atoms with van der Waals surface area (Å²) in [6, 6.07) is 2.18. The maximum Gasteiger partial charge on any atom is 0.0538 e. The number of rotatable bonds is 3. The van der Waals surface area contributed by atoms with Gasteiger partial charge in [0, 0.05) is 18.6 Å². The van der Waals surface area contributed by atoms with Gasteiger partial charge in [-0.1, -0.05) is 0 Å². The first kappa shape index (κ1) is 9.19. The van der Waals surface area contributed by atoms with E-state index in [-0.39, 0.29) is 5.41 Å². The Balaban J connectivity index is 2.06. The average molecular weight is 197 g/mol. The number of hydrogen-bond acceptors (Lipinski definition) is 3. The molecular weight excluding hydrogens is 182 g/mol. The van der Waals surface area contributed by atoms with Gasteiger partial charge in [0.05, 0.1) is 6.61 Å². The summed E-state index contributed by atoms with van der Waals surface area (Å²) in [7, 11) is 0. The molecule has 1 unspecified atom stereocenters. The summed E-state index contributed by atoms with van der Waals surface area (Å²) in [6.07, 6.45) is 2.19. The van der Waals surface area contributed by atoms with E-state index in [4.69, 9.17) is 10.5 Å². The van der Waals surface area contributed by atoms with Gasteiger partial charge < -0.3 is 10.5 Å². The summed E-state index contributed by atoms with van der Waals surface area (Å²) in [4.78, 5) is 0. The fourth-order valence-corrected chi connectivity index (χ4v) is 2.52. The minimum Gasteiger partial charge on any atom is -0.381 e. The van der Waals surface area contributed by atoms with Crippen molar-refractivity contribution in [3.63, 3.8) is 0 Å². The minimum atomic E-state index is 0.223. The van der Waals surface area contributed by atoms with E-state index in [1.807, 2.05) is 0 Å². The van der Waals surface area contributed by atoms with E-state index in [1.165, 1.54) is 5.56 Å². The zero-order valence-electron chi connectivity index (χ0n) is 7.66. The third kappa shape index (κ3) is 1.93. The molecule has 0 aromatic carbocycles. The van der Waals surface area contributed by atoms with Gasteiger partial charge in [-0.05, 0) is 35.2 Å². The van der Waals surface area contributed by atoms with Gasteiger partial charge in [0.15, 0.2) is 0 Å². The van der Waals surface area contributed by atoms with Gasteiger partial charge in [-0.3, -0.25) is 0 Å². The minimum absolute atomic E-state index is 0.223. The van der Waals surface area contributed by atoms with Crippen LogP contribution in [-0.2, 0) is 11.2 Å². The van der Waals surface area contributed by atoms with Crippen LogP contribution in [0.2, 0.25) is 0 Å². The highest BCUT2D eigenvalue weighted by Crippen LogP contribution is 2.31. The van der Waals surface area contributed by atoms with Gasteiger partial charge in [-0.2, -0.15) is 11.3 Å². The summed E-state index contributed by atoms with van der Waals surface area (Å²) in [5.41, 5.74) is 7.44. The molecule has 0 saturated carbocycles. The van der Waals surface area contributed by atoms with Crippen molar-refractivity contribution in [2.75, 3.05) is 19.8 Å². The molecule has 0 spiro atoms. The Morgan fingerprint density at radius 3 is 3.08 bits per heavy atom. The third-order valence-corrected chi connectivity index (χ3v) is 3.51. The predicted octanol–water partition coefficient (Wildman–Crippen LogP) is 1.66. The standard InChI is InChI=1S/C10H15NOS/c11-7-10(2-3-12-8-10)5-9-1-4-13-6-9/h1,4,6H,2-3,5,7-8,11H2. The molecule has 1 fully saturated rings. The highest BCUT2D eigenvalue weighted by atomic mass is 32.1. The molecule has 2 rings (SSSR count). The molecule has 1 saturated heterocycles. The van der Waals surface area contributed by atoms with E-state index in [0.29, 0.717) is 0 Å². The summed E-state index contributed by atoms with van der Waals surface area (Å²) >= 11 is 1.75. The first-order valence-electron chi connectivity index (χ1n) is 4.64. The second-order valence-corrected chi connectivity index (χ2v) is 4.60. The Morgan fingerprint density at radius 1 is 1.62 bits per heavy atom. The molecule has 1 atom stereocenters. The maximum atomic E-state index is 5.81. The highest BCUT2D eigenvalue weighted by Gasteiger charge is 2.33. The Morgan fingerprint density at radius 2 is 2.54 bits per heavy atom. The van der Waals surface area contributed by atoms with Crippen molar-refractivity contribution < 1.29 is 4.74 Å². The normalized spacial score (nSPS) is 28.1. The summed E-state index contributed by atoms with van der Waals surface area (Å²) in [5, 5.41) is 4.32. The van der Waals surface area contributed by atoms with Gasteiger partial charge in [-0.15, -0.1) is 0 Å². The molecule has 0 amide bonds. The van der Waals surface area contributed by atoms with Gasteiger partial charge in [-0.25, -0.2) is 0 Å². The summed E-state index contributed by atoms with van der Waals surface area (Å²) in [6.45, 7) is 2.45. The molecule has 1 aromatic rings. The molecule has 0 aliphatic carbocycles. The third-order valence-electron chi connectivity index (χ3n) is 2.78. The lowest BCUT2D eigenvalue weighted by Crippen LogP contribution is -2.33. The first-order valence-corrected chi connectivity index (χ1v) is 5.58. The van der Waals surface area contributed by atoms with Crippen LogP contribution in [0, 0.1) is 5.41 Å². The van der Waals surface area contributed by atoms with Gasteiger partial charge in [0.2, 0.25) is 0 Å². The highest BCUT2D eigenvalue weighted by molar-refractivity contribution is 7.07. The number of ether oxygens (including phenoxy) is 1. The molecule has 13 heavy (non-hydrogen) atoms. The molecule has 1 aromatic heterocycles.